The van der Waals surface area contributed by atoms with Crippen molar-refractivity contribution in [2.75, 3.05) is 13.2 Å². The highest BCUT2D eigenvalue weighted by Gasteiger charge is 2.27. The second-order valence-electron chi connectivity index (χ2n) is 4.42. The molecule has 1 saturated heterocycles. The van der Waals surface area contributed by atoms with Crippen LogP contribution in [0.4, 0.5) is 0 Å². The van der Waals surface area contributed by atoms with E-state index in [4.69, 9.17) is 14.6 Å². The van der Waals surface area contributed by atoms with E-state index in [9.17, 15) is 0 Å². The van der Waals surface area contributed by atoms with Crippen molar-refractivity contribution >= 4 is 0 Å². The molecule has 2 aliphatic rings. The van der Waals surface area contributed by atoms with Crippen LogP contribution in [0.15, 0.2) is 0 Å². The van der Waals surface area contributed by atoms with Crippen molar-refractivity contribution in [2.45, 2.75) is 50.9 Å². The summed E-state index contributed by atoms with van der Waals surface area (Å²) in [4.78, 5) is 0. The molecule has 0 aromatic carbocycles. The van der Waals surface area contributed by atoms with Crippen molar-refractivity contribution in [3.63, 3.8) is 0 Å². The summed E-state index contributed by atoms with van der Waals surface area (Å²) in [6, 6.07) is 0. The molecule has 0 aromatic heterocycles. The minimum Gasteiger partial charge on any atom is -0.396 e. The second kappa shape index (κ2) is 5.10. The van der Waals surface area contributed by atoms with E-state index in [1.165, 1.54) is 12.8 Å². The summed E-state index contributed by atoms with van der Waals surface area (Å²) in [6.07, 6.45) is 7.00. The first-order valence-electron chi connectivity index (χ1n) is 5.76. The standard InChI is InChI=1S/C11H20O3/c12-8-9-4-5-10(7-9)14-11-3-1-2-6-13-11/h9-12H,1-8H2/t9-,10-,11?/m0/s1. The van der Waals surface area contributed by atoms with Crippen LogP contribution in [0.25, 0.3) is 0 Å². The molecule has 1 saturated carbocycles. The summed E-state index contributed by atoms with van der Waals surface area (Å²) >= 11 is 0. The van der Waals surface area contributed by atoms with Crippen LogP contribution < -0.4 is 0 Å². The molecule has 3 atom stereocenters. The van der Waals surface area contributed by atoms with Crippen molar-refractivity contribution in [1.82, 2.24) is 0 Å². The Hall–Kier alpha value is -0.120. The Balaban J connectivity index is 1.69. The van der Waals surface area contributed by atoms with Gasteiger partial charge < -0.3 is 14.6 Å². The van der Waals surface area contributed by atoms with Gasteiger partial charge in [-0.1, -0.05) is 0 Å². The van der Waals surface area contributed by atoms with Crippen LogP contribution in [-0.2, 0) is 9.47 Å². The van der Waals surface area contributed by atoms with E-state index in [0.29, 0.717) is 18.6 Å². The number of rotatable bonds is 3. The molecule has 0 bridgehead atoms. The Morgan fingerprint density at radius 2 is 2.14 bits per heavy atom. The molecule has 2 fully saturated rings. The van der Waals surface area contributed by atoms with Gasteiger partial charge in [-0.25, -0.2) is 0 Å². The zero-order valence-corrected chi connectivity index (χ0v) is 8.65. The maximum atomic E-state index is 9.00. The molecule has 1 heterocycles. The fourth-order valence-corrected chi connectivity index (χ4v) is 2.35. The van der Waals surface area contributed by atoms with Gasteiger partial charge in [-0.3, -0.25) is 0 Å². The number of hydrogen-bond acceptors (Lipinski definition) is 3. The highest BCUT2D eigenvalue weighted by molar-refractivity contribution is 4.76. The van der Waals surface area contributed by atoms with Crippen molar-refractivity contribution in [3.8, 4) is 0 Å². The Kier molecular flexibility index (Phi) is 3.79. The lowest BCUT2D eigenvalue weighted by atomic mass is 10.1. The third kappa shape index (κ3) is 2.69. The van der Waals surface area contributed by atoms with Gasteiger partial charge in [0.1, 0.15) is 0 Å². The van der Waals surface area contributed by atoms with Gasteiger partial charge >= 0.3 is 0 Å². The van der Waals surface area contributed by atoms with E-state index < -0.39 is 0 Å². The highest BCUT2D eigenvalue weighted by Crippen LogP contribution is 2.29. The summed E-state index contributed by atoms with van der Waals surface area (Å²) < 4.78 is 11.4. The molecule has 0 aromatic rings. The summed E-state index contributed by atoms with van der Waals surface area (Å²) in [5, 5.41) is 9.00. The molecule has 1 aliphatic heterocycles. The number of aliphatic hydroxyl groups is 1. The lowest BCUT2D eigenvalue weighted by Crippen LogP contribution is -2.26. The average Bonchev–Trinajstić information content (AvgIpc) is 2.67. The molecule has 82 valence electrons. The molecule has 0 radical (unpaired) electrons. The van der Waals surface area contributed by atoms with E-state index in [2.05, 4.69) is 0 Å². The highest BCUT2D eigenvalue weighted by atomic mass is 16.7. The molecule has 0 amide bonds. The van der Waals surface area contributed by atoms with E-state index in [0.717, 1.165) is 32.3 Å². The van der Waals surface area contributed by atoms with E-state index in [-0.39, 0.29) is 6.29 Å². The monoisotopic (exact) mass is 200 g/mol. The third-order valence-corrected chi connectivity index (χ3v) is 3.23. The number of ether oxygens (including phenoxy) is 2. The molecule has 14 heavy (non-hydrogen) atoms. The molecular formula is C11H20O3. The minimum absolute atomic E-state index is 0.0335. The maximum Gasteiger partial charge on any atom is 0.157 e. The smallest absolute Gasteiger partial charge is 0.157 e. The number of aliphatic hydroxyl groups excluding tert-OH is 1. The predicted octanol–water partition coefficient (Wildman–Crippen LogP) is 1.69. The summed E-state index contributed by atoms with van der Waals surface area (Å²) in [5.74, 6) is 0.462. The summed E-state index contributed by atoms with van der Waals surface area (Å²) in [6.45, 7) is 1.16. The largest absolute Gasteiger partial charge is 0.396 e. The Morgan fingerprint density at radius 1 is 1.21 bits per heavy atom. The molecule has 0 spiro atoms. The van der Waals surface area contributed by atoms with Gasteiger partial charge in [-0.05, 0) is 44.4 Å². The van der Waals surface area contributed by atoms with Gasteiger partial charge in [-0.2, -0.15) is 0 Å². The van der Waals surface area contributed by atoms with Crippen molar-refractivity contribution in [1.29, 1.82) is 0 Å². The van der Waals surface area contributed by atoms with Gasteiger partial charge in [0.25, 0.3) is 0 Å². The predicted molar refractivity (Wildman–Crippen MR) is 52.9 cm³/mol. The van der Waals surface area contributed by atoms with Crippen LogP contribution in [0.1, 0.15) is 38.5 Å². The molecule has 1 N–H and O–H groups in total. The quantitative estimate of drug-likeness (QED) is 0.753. The van der Waals surface area contributed by atoms with Gasteiger partial charge in [0.2, 0.25) is 0 Å². The lowest BCUT2D eigenvalue weighted by Gasteiger charge is -2.25. The molecule has 3 nitrogen and oxygen atoms in total. The zero-order chi connectivity index (χ0) is 9.80. The van der Waals surface area contributed by atoms with Gasteiger partial charge in [-0.15, -0.1) is 0 Å². The van der Waals surface area contributed by atoms with Crippen LogP contribution in [0, 0.1) is 5.92 Å². The van der Waals surface area contributed by atoms with Gasteiger partial charge in [0, 0.05) is 13.2 Å². The van der Waals surface area contributed by atoms with Crippen molar-refractivity contribution in [2.24, 2.45) is 5.92 Å². The normalized spacial score (nSPS) is 38.8. The van der Waals surface area contributed by atoms with E-state index in [1.54, 1.807) is 0 Å². The van der Waals surface area contributed by atoms with Crippen LogP contribution in [0.2, 0.25) is 0 Å². The fourth-order valence-electron chi connectivity index (χ4n) is 2.35. The molecule has 2 rings (SSSR count). The maximum absolute atomic E-state index is 9.00. The van der Waals surface area contributed by atoms with Crippen LogP contribution in [0.5, 0.6) is 0 Å². The van der Waals surface area contributed by atoms with Crippen molar-refractivity contribution < 1.29 is 14.6 Å². The van der Waals surface area contributed by atoms with Gasteiger partial charge in [0.15, 0.2) is 6.29 Å². The van der Waals surface area contributed by atoms with E-state index in [1.807, 2.05) is 0 Å². The minimum atomic E-state index is 0.0335. The van der Waals surface area contributed by atoms with Crippen LogP contribution in [0.3, 0.4) is 0 Å². The molecule has 1 unspecified atom stereocenters. The Labute approximate surface area is 85.4 Å². The first-order chi connectivity index (χ1) is 6.88. The number of hydrogen-bond donors (Lipinski definition) is 1. The first kappa shape index (κ1) is 10.4. The van der Waals surface area contributed by atoms with Crippen LogP contribution >= 0.6 is 0 Å². The Bertz CT molecular complexity index is 166. The summed E-state index contributed by atoms with van der Waals surface area (Å²) in [5.41, 5.74) is 0. The lowest BCUT2D eigenvalue weighted by molar-refractivity contribution is -0.187. The first-order valence-corrected chi connectivity index (χ1v) is 5.76. The van der Waals surface area contributed by atoms with E-state index >= 15 is 0 Å². The average molecular weight is 200 g/mol. The topological polar surface area (TPSA) is 38.7 Å². The third-order valence-electron chi connectivity index (χ3n) is 3.23. The van der Waals surface area contributed by atoms with Crippen LogP contribution in [-0.4, -0.2) is 30.7 Å². The fraction of sp³-hybridized carbons (Fsp3) is 1.00. The van der Waals surface area contributed by atoms with Crippen molar-refractivity contribution in [3.05, 3.63) is 0 Å². The zero-order valence-electron chi connectivity index (χ0n) is 8.65. The molecule has 3 heteroatoms. The second-order valence-corrected chi connectivity index (χ2v) is 4.42. The molecule has 1 aliphatic carbocycles. The summed E-state index contributed by atoms with van der Waals surface area (Å²) in [7, 11) is 0. The SMILES string of the molecule is OC[C@H]1CC[C@H](OC2CCCCO2)C1. The molecular weight excluding hydrogens is 180 g/mol. The van der Waals surface area contributed by atoms with Gasteiger partial charge in [0.05, 0.1) is 6.10 Å². The Morgan fingerprint density at radius 3 is 2.79 bits per heavy atom.